The van der Waals surface area contributed by atoms with E-state index in [2.05, 4.69) is 15.9 Å². The van der Waals surface area contributed by atoms with Crippen molar-refractivity contribution in [3.05, 3.63) is 59.2 Å². The zero-order valence-corrected chi connectivity index (χ0v) is 18.1. The van der Waals surface area contributed by atoms with Crippen LogP contribution in [0.15, 0.2) is 42.5 Å². The van der Waals surface area contributed by atoms with Gasteiger partial charge in [0.1, 0.15) is 11.5 Å². The maximum absolute atomic E-state index is 11.7. The van der Waals surface area contributed by atoms with Crippen LogP contribution in [0.25, 0.3) is 0 Å². The number of ether oxygens (including phenoxy) is 2. The van der Waals surface area contributed by atoms with Crippen LogP contribution in [0.4, 0.5) is 0 Å². The molecule has 162 valence electrons. The molecule has 3 rings (SSSR count). The minimum Gasteiger partial charge on any atom is -0.497 e. The Morgan fingerprint density at radius 1 is 1.03 bits per heavy atom. The van der Waals surface area contributed by atoms with E-state index in [1.165, 1.54) is 0 Å². The Kier molecular flexibility index (Phi) is 7.85. The molecule has 2 aromatic rings. The van der Waals surface area contributed by atoms with Gasteiger partial charge in [-0.15, -0.1) is 0 Å². The molecule has 1 heterocycles. The number of carbonyl (C=O) groups excluding carboxylic acids is 1. The van der Waals surface area contributed by atoms with Crippen molar-refractivity contribution in [1.29, 1.82) is 0 Å². The number of hydrogen-bond donors (Lipinski definition) is 1. The molecule has 1 aliphatic heterocycles. The third-order valence-corrected chi connectivity index (χ3v) is 5.69. The Balaban J connectivity index is 1.68. The number of piperazine rings is 1. The summed E-state index contributed by atoms with van der Waals surface area (Å²) >= 11 is 0. The van der Waals surface area contributed by atoms with Gasteiger partial charge in [-0.3, -0.25) is 14.6 Å². The minimum atomic E-state index is 0.0912. The first-order valence-electron chi connectivity index (χ1n) is 10.4. The summed E-state index contributed by atoms with van der Waals surface area (Å²) < 4.78 is 10.8. The van der Waals surface area contributed by atoms with Gasteiger partial charge < -0.3 is 14.6 Å². The fraction of sp³-hybridized carbons (Fsp3) is 0.458. The summed E-state index contributed by atoms with van der Waals surface area (Å²) in [6.45, 7) is 6.09. The van der Waals surface area contributed by atoms with Crippen LogP contribution in [0.3, 0.4) is 0 Å². The van der Waals surface area contributed by atoms with E-state index in [1.54, 1.807) is 21.1 Å². The first-order chi connectivity index (χ1) is 14.5. The average molecular weight is 413 g/mol. The number of aliphatic hydroxyl groups is 1. The molecular formula is C24H32N2O4. The summed E-state index contributed by atoms with van der Waals surface area (Å²) in [4.78, 5) is 16.5. The summed E-state index contributed by atoms with van der Waals surface area (Å²) in [5.41, 5.74) is 3.04. The number of benzene rings is 2. The van der Waals surface area contributed by atoms with Gasteiger partial charge in [0, 0.05) is 57.0 Å². The molecule has 0 spiro atoms. The fourth-order valence-electron chi connectivity index (χ4n) is 4.07. The van der Waals surface area contributed by atoms with Crippen LogP contribution < -0.4 is 9.47 Å². The Labute approximate surface area is 179 Å². The lowest BCUT2D eigenvalue weighted by Gasteiger charge is -2.41. The van der Waals surface area contributed by atoms with Gasteiger partial charge in [-0.1, -0.05) is 18.2 Å². The highest BCUT2D eigenvalue weighted by Gasteiger charge is 2.27. The first kappa shape index (κ1) is 22.3. The van der Waals surface area contributed by atoms with Gasteiger partial charge in [-0.2, -0.15) is 0 Å². The summed E-state index contributed by atoms with van der Waals surface area (Å²) in [5.74, 6) is 1.66. The van der Waals surface area contributed by atoms with E-state index in [9.17, 15) is 9.90 Å². The van der Waals surface area contributed by atoms with Gasteiger partial charge >= 0.3 is 0 Å². The van der Waals surface area contributed by atoms with Crippen molar-refractivity contribution in [3.8, 4) is 11.5 Å². The van der Waals surface area contributed by atoms with Crippen LogP contribution in [0, 0.1) is 0 Å². The first-order valence-corrected chi connectivity index (χ1v) is 10.4. The van der Waals surface area contributed by atoms with Crippen molar-refractivity contribution in [2.24, 2.45) is 0 Å². The number of aliphatic hydroxyl groups excluding tert-OH is 1. The molecule has 0 radical (unpaired) electrons. The Hall–Kier alpha value is -2.41. The van der Waals surface area contributed by atoms with Crippen molar-refractivity contribution in [2.45, 2.75) is 32.5 Å². The van der Waals surface area contributed by atoms with Crippen LogP contribution in [0.2, 0.25) is 0 Å². The number of hydrogen-bond acceptors (Lipinski definition) is 6. The van der Waals surface area contributed by atoms with Crippen molar-refractivity contribution in [2.75, 3.05) is 40.5 Å². The second-order valence-electron chi connectivity index (χ2n) is 7.85. The van der Waals surface area contributed by atoms with E-state index in [0.717, 1.165) is 67.3 Å². The standard InChI is InChI=1S/C24H32N2O4/c1-18(28)21-6-4-5-19(11-21)15-25-8-9-26(22(17-25)7-10-27)16-20-12-23(29-2)14-24(13-20)30-3/h4-6,11-14,22,27H,7-10,15-17H2,1-3H3. The normalized spacial score (nSPS) is 17.7. The number of rotatable bonds is 9. The fourth-order valence-corrected chi connectivity index (χ4v) is 4.07. The highest BCUT2D eigenvalue weighted by molar-refractivity contribution is 5.94. The summed E-state index contributed by atoms with van der Waals surface area (Å²) in [5, 5.41) is 9.62. The van der Waals surface area contributed by atoms with Crippen LogP contribution >= 0.6 is 0 Å². The summed E-state index contributed by atoms with van der Waals surface area (Å²) in [6.07, 6.45) is 0.727. The number of ketones is 1. The topological polar surface area (TPSA) is 62.2 Å². The lowest BCUT2D eigenvalue weighted by Crippen LogP contribution is -2.52. The molecule has 1 fully saturated rings. The molecule has 6 heteroatoms. The Morgan fingerprint density at radius 2 is 1.77 bits per heavy atom. The Bertz CT molecular complexity index is 833. The zero-order valence-electron chi connectivity index (χ0n) is 18.1. The van der Waals surface area contributed by atoms with Gasteiger partial charge in [0.25, 0.3) is 0 Å². The Morgan fingerprint density at radius 3 is 2.40 bits per heavy atom. The van der Waals surface area contributed by atoms with Crippen molar-refractivity contribution in [3.63, 3.8) is 0 Å². The lowest BCUT2D eigenvalue weighted by molar-refractivity contribution is 0.0499. The summed E-state index contributed by atoms with van der Waals surface area (Å²) in [6, 6.07) is 14.1. The van der Waals surface area contributed by atoms with E-state index in [1.807, 2.05) is 36.4 Å². The molecule has 30 heavy (non-hydrogen) atoms. The lowest BCUT2D eigenvalue weighted by atomic mass is 10.0. The smallest absolute Gasteiger partial charge is 0.159 e. The minimum absolute atomic E-state index is 0.0912. The molecule has 6 nitrogen and oxygen atoms in total. The second-order valence-corrected chi connectivity index (χ2v) is 7.85. The van der Waals surface area contributed by atoms with Crippen LogP contribution in [0.1, 0.15) is 34.8 Å². The SMILES string of the molecule is COc1cc(CN2CCN(Cc3cccc(C(C)=O)c3)CC2CCO)cc(OC)c1. The van der Waals surface area contributed by atoms with Crippen molar-refractivity contribution in [1.82, 2.24) is 9.80 Å². The predicted octanol–water partition coefficient (Wildman–Crippen LogP) is 2.98. The highest BCUT2D eigenvalue weighted by atomic mass is 16.5. The molecule has 0 aliphatic carbocycles. The monoisotopic (exact) mass is 412 g/mol. The van der Waals surface area contributed by atoms with Gasteiger partial charge in [0.2, 0.25) is 0 Å². The number of carbonyl (C=O) groups is 1. The van der Waals surface area contributed by atoms with Gasteiger partial charge in [-0.25, -0.2) is 0 Å². The molecule has 0 aromatic heterocycles. The van der Waals surface area contributed by atoms with E-state index in [0.29, 0.717) is 0 Å². The van der Waals surface area contributed by atoms with Crippen LogP contribution in [0.5, 0.6) is 11.5 Å². The molecule has 1 aliphatic rings. The third kappa shape index (κ3) is 5.81. The van der Waals surface area contributed by atoms with Gasteiger partial charge in [0.05, 0.1) is 14.2 Å². The van der Waals surface area contributed by atoms with Gasteiger partial charge in [0.15, 0.2) is 5.78 Å². The number of methoxy groups -OCH3 is 2. The van der Waals surface area contributed by atoms with Crippen LogP contribution in [-0.2, 0) is 13.1 Å². The molecule has 0 bridgehead atoms. The van der Waals surface area contributed by atoms with Crippen molar-refractivity contribution < 1.29 is 19.4 Å². The number of nitrogens with zero attached hydrogens (tertiary/aromatic N) is 2. The molecule has 1 saturated heterocycles. The molecule has 1 atom stereocenters. The molecule has 1 N–H and O–H groups in total. The van der Waals surface area contributed by atoms with Crippen LogP contribution in [-0.4, -0.2) is 67.2 Å². The third-order valence-electron chi connectivity index (χ3n) is 5.69. The van der Waals surface area contributed by atoms with Gasteiger partial charge in [-0.05, 0) is 42.7 Å². The van der Waals surface area contributed by atoms with E-state index >= 15 is 0 Å². The maximum Gasteiger partial charge on any atom is 0.159 e. The number of Topliss-reactive ketones (excluding diaryl/α,β-unsaturated/α-hetero) is 1. The molecular weight excluding hydrogens is 380 g/mol. The summed E-state index contributed by atoms with van der Waals surface area (Å²) in [7, 11) is 3.32. The second kappa shape index (κ2) is 10.6. The average Bonchev–Trinajstić information content (AvgIpc) is 2.75. The van der Waals surface area contributed by atoms with E-state index < -0.39 is 0 Å². The van der Waals surface area contributed by atoms with E-state index in [4.69, 9.17) is 9.47 Å². The quantitative estimate of drug-likeness (QED) is 0.639. The highest BCUT2D eigenvalue weighted by Crippen LogP contribution is 2.25. The predicted molar refractivity (Wildman–Crippen MR) is 117 cm³/mol. The maximum atomic E-state index is 11.7. The molecule has 0 saturated carbocycles. The molecule has 2 aromatic carbocycles. The van der Waals surface area contributed by atoms with Crippen molar-refractivity contribution >= 4 is 5.78 Å². The van der Waals surface area contributed by atoms with E-state index in [-0.39, 0.29) is 18.4 Å². The largest absolute Gasteiger partial charge is 0.497 e. The molecule has 1 unspecified atom stereocenters. The zero-order chi connectivity index (χ0) is 21.5. The molecule has 0 amide bonds.